The number of aryl methyl sites for hydroxylation is 3. The van der Waals surface area contributed by atoms with Gasteiger partial charge in [-0.1, -0.05) is 0 Å². The van der Waals surface area contributed by atoms with Crippen molar-refractivity contribution in [2.45, 2.75) is 26.0 Å². The summed E-state index contributed by atoms with van der Waals surface area (Å²) >= 11 is -1.23. The number of esters is 1. The van der Waals surface area contributed by atoms with Crippen molar-refractivity contribution in [3.8, 4) is 0 Å². The number of hydrogen-bond donors (Lipinski definition) is 2. The first-order valence-corrected chi connectivity index (χ1v) is 13.1. The number of nitrogens with zero attached hydrogens (tertiary/aromatic N) is 1. The van der Waals surface area contributed by atoms with Crippen LogP contribution in [0.4, 0.5) is 8.78 Å². The fourth-order valence-electron chi connectivity index (χ4n) is 3.55. The van der Waals surface area contributed by atoms with E-state index in [9.17, 15) is 23.2 Å². The Morgan fingerprint density at radius 1 is 1.06 bits per heavy atom. The van der Waals surface area contributed by atoms with Crippen molar-refractivity contribution in [1.82, 2.24) is 15.3 Å². The molecule has 2 aromatic carbocycles. The number of aromatic nitrogens is 2. The molecule has 1 amide bonds. The van der Waals surface area contributed by atoms with Crippen LogP contribution in [0.15, 0.2) is 42.4 Å². The Balaban J connectivity index is 1.79. The zero-order valence-corrected chi connectivity index (χ0v) is 21.7. The number of nitrogens with one attached hydrogen (secondary N) is 2. The summed E-state index contributed by atoms with van der Waals surface area (Å²) in [7, 11) is 1.21. The zero-order chi connectivity index (χ0) is 25.7. The maximum absolute atomic E-state index is 13.4. The fourth-order valence-corrected chi connectivity index (χ4v) is 5.48. The number of H-pyrrole nitrogens is 1. The summed E-state index contributed by atoms with van der Waals surface area (Å²) in [5.41, 5.74) is 3.42. The van der Waals surface area contributed by atoms with Gasteiger partial charge in [0.05, 0.1) is 0 Å². The number of halogens is 2. The van der Waals surface area contributed by atoms with Crippen LogP contribution in [0.3, 0.4) is 0 Å². The van der Waals surface area contributed by atoms with Gasteiger partial charge < -0.3 is 0 Å². The Hall–Kier alpha value is -3.58. The number of benzene rings is 2. The van der Waals surface area contributed by atoms with Crippen LogP contribution in [-0.2, 0) is 14.7 Å². The van der Waals surface area contributed by atoms with E-state index >= 15 is 0 Å². The van der Waals surface area contributed by atoms with Crippen molar-refractivity contribution in [1.29, 1.82) is 0 Å². The van der Waals surface area contributed by atoms with Gasteiger partial charge in [-0.25, -0.2) is 0 Å². The number of amides is 1. The van der Waals surface area contributed by atoms with Crippen LogP contribution in [-0.4, -0.2) is 49.3 Å². The molecule has 0 bridgehead atoms. The molecular weight excluding hydrogens is 519 g/mol. The van der Waals surface area contributed by atoms with Crippen molar-refractivity contribution in [2.24, 2.45) is 0 Å². The summed E-state index contributed by atoms with van der Waals surface area (Å²) in [5, 5.41) is 2.89. The van der Waals surface area contributed by atoms with Crippen molar-refractivity contribution in [3.63, 3.8) is 0 Å². The Bertz CT molecular complexity index is 1290. The number of rotatable bonds is 8. The minimum absolute atomic E-state index is 0.0715. The first-order chi connectivity index (χ1) is 16.6. The number of aromatic amines is 1. The summed E-state index contributed by atoms with van der Waals surface area (Å²) in [6.45, 7) is 5.14. The molecule has 2 N–H and O–H groups in total. The second-order valence-corrected chi connectivity index (χ2v) is 10.3. The first kappa shape index (κ1) is 26.0. The van der Waals surface area contributed by atoms with E-state index in [2.05, 4.69) is 15.3 Å². The van der Waals surface area contributed by atoms with E-state index in [1.807, 2.05) is 0 Å². The molecule has 0 saturated heterocycles. The Kier molecular flexibility index (Phi) is 8.35. The molecule has 0 fully saturated rings. The van der Waals surface area contributed by atoms with Gasteiger partial charge in [0.25, 0.3) is 0 Å². The van der Waals surface area contributed by atoms with Gasteiger partial charge in [0.15, 0.2) is 0 Å². The quantitative estimate of drug-likeness (QED) is 0.258. The maximum atomic E-state index is 13.4. The van der Waals surface area contributed by atoms with E-state index in [4.69, 9.17) is 4.74 Å². The number of methoxy groups -OCH3 is 1. The van der Waals surface area contributed by atoms with E-state index in [1.54, 1.807) is 32.9 Å². The van der Waals surface area contributed by atoms with Gasteiger partial charge in [0.1, 0.15) is 0 Å². The number of imidazole rings is 1. The molecule has 0 radical (unpaired) electrons. The second kappa shape index (κ2) is 11.2. The first-order valence-electron chi connectivity index (χ1n) is 10.5. The molecule has 1 heterocycles. The summed E-state index contributed by atoms with van der Waals surface area (Å²) in [6, 6.07) is 6.46. The molecule has 1 atom stereocenters. The monoisotopic (exact) mass is 543 g/mol. The van der Waals surface area contributed by atoms with Crippen molar-refractivity contribution in [2.75, 3.05) is 7.11 Å². The van der Waals surface area contributed by atoms with E-state index in [1.165, 1.54) is 31.6 Å². The molecule has 10 heteroatoms. The van der Waals surface area contributed by atoms with E-state index in [0.717, 1.165) is 6.07 Å². The molecule has 182 valence electrons. The van der Waals surface area contributed by atoms with Gasteiger partial charge in [0, 0.05) is 0 Å². The van der Waals surface area contributed by atoms with Crippen LogP contribution in [0.5, 0.6) is 0 Å². The van der Waals surface area contributed by atoms with Crippen LogP contribution in [0.1, 0.15) is 48.8 Å². The van der Waals surface area contributed by atoms with Gasteiger partial charge in [-0.05, 0) is 0 Å². The third-order valence-electron chi connectivity index (χ3n) is 5.21. The van der Waals surface area contributed by atoms with Gasteiger partial charge in [0.2, 0.25) is 0 Å². The number of ether oxygens (including phenoxy) is 1. The van der Waals surface area contributed by atoms with Crippen molar-refractivity contribution >= 4 is 38.3 Å². The van der Waals surface area contributed by atoms with E-state index in [0.29, 0.717) is 44.4 Å². The number of carbonyl (C=O) groups is 3. The summed E-state index contributed by atoms with van der Waals surface area (Å²) in [4.78, 5) is 45.0. The Labute approximate surface area is 207 Å². The standard InChI is InChI=1S/C25H24AsF2N3O4/c1-13-5-17(23(32)26-11-16-7-18(27)9-19(28)8-16)6-14(2)22(13)24(33)31-21(25(34)35-4)10-20-15(3)29-12-30-20/h5-10,12,26H,11H2,1-4H3,(H,29,30)(H,31,33)/b21-10-. The van der Waals surface area contributed by atoms with Crippen LogP contribution in [0.25, 0.3) is 6.08 Å². The van der Waals surface area contributed by atoms with Crippen molar-refractivity contribution in [3.05, 3.63) is 93.2 Å². The molecule has 35 heavy (non-hydrogen) atoms. The molecule has 1 unspecified atom stereocenters. The summed E-state index contributed by atoms with van der Waals surface area (Å²) < 4.78 is 31.5. The van der Waals surface area contributed by atoms with Gasteiger partial charge in [-0.2, -0.15) is 0 Å². The summed E-state index contributed by atoms with van der Waals surface area (Å²) in [5.74, 6) is -2.61. The SMILES string of the molecule is COC(=O)/C(=C/c1[nH]cnc1C)NC(=O)c1c(C)cc(C(=O)[AsH]Cc2cc(F)cc(F)c2)cc1C. The average molecular weight is 543 g/mol. The molecule has 0 aliphatic rings. The van der Waals surface area contributed by atoms with E-state index < -0.39 is 39.3 Å². The molecule has 0 spiro atoms. The number of hydrogen-bond acceptors (Lipinski definition) is 5. The van der Waals surface area contributed by atoms with E-state index in [-0.39, 0.29) is 10.3 Å². The van der Waals surface area contributed by atoms with Gasteiger partial charge in [-0.15, -0.1) is 0 Å². The molecule has 0 saturated carbocycles. The second-order valence-electron chi connectivity index (χ2n) is 7.85. The minimum atomic E-state index is -1.23. The fraction of sp³-hybridized carbons (Fsp3) is 0.200. The molecular formula is C25H24AsF2N3O4. The zero-order valence-electron chi connectivity index (χ0n) is 19.6. The molecule has 1 aromatic heterocycles. The van der Waals surface area contributed by atoms with Crippen LogP contribution >= 0.6 is 0 Å². The van der Waals surface area contributed by atoms with Crippen LogP contribution < -0.4 is 5.32 Å². The molecule has 0 aliphatic carbocycles. The Morgan fingerprint density at radius 3 is 2.23 bits per heavy atom. The predicted octanol–water partition coefficient (Wildman–Crippen LogP) is 3.33. The van der Waals surface area contributed by atoms with Crippen LogP contribution in [0.2, 0.25) is 0 Å². The van der Waals surface area contributed by atoms with Gasteiger partial charge in [-0.3, -0.25) is 0 Å². The third-order valence-corrected chi connectivity index (χ3v) is 7.71. The molecule has 0 aliphatic heterocycles. The normalized spacial score (nSPS) is 11.7. The predicted molar refractivity (Wildman–Crippen MR) is 128 cm³/mol. The summed E-state index contributed by atoms with van der Waals surface area (Å²) in [6.07, 6.45) is 2.91. The Morgan fingerprint density at radius 2 is 1.69 bits per heavy atom. The topological polar surface area (TPSA) is 101 Å². The van der Waals surface area contributed by atoms with Gasteiger partial charge >= 0.3 is 208 Å². The third kappa shape index (κ3) is 6.51. The van der Waals surface area contributed by atoms with Crippen LogP contribution in [0, 0.1) is 32.4 Å². The number of carbonyl (C=O) groups excluding carboxylic acids is 3. The van der Waals surface area contributed by atoms with Crippen molar-refractivity contribution < 1.29 is 27.9 Å². The molecule has 3 rings (SSSR count). The molecule has 3 aromatic rings. The molecule has 7 nitrogen and oxygen atoms in total. The average Bonchev–Trinajstić information content (AvgIpc) is 3.19.